The predicted molar refractivity (Wildman–Crippen MR) is 54.2 cm³/mol. The molecule has 5 heteroatoms. The van der Waals surface area contributed by atoms with E-state index in [4.69, 9.17) is 0 Å². The van der Waals surface area contributed by atoms with E-state index in [1.165, 1.54) is 11.8 Å². The van der Waals surface area contributed by atoms with Crippen molar-refractivity contribution >= 4 is 11.8 Å². The average Bonchev–Trinajstić information content (AvgIpc) is 2.22. The topological polar surface area (TPSA) is 46.0 Å². The number of aromatic hydroxyl groups is 1. The first kappa shape index (κ1) is 9.92. The van der Waals surface area contributed by atoms with Crippen molar-refractivity contribution in [3.05, 3.63) is 42.5 Å². The van der Waals surface area contributed by atoms with Crippen molar-refractivity contribution in [1.29, 1.82) is 0 Å². The minimum atomic E-state index is -0.463. The maximum absolute atomic E-state index is 12.5. The second kappa shape index (κ2) is 4.27. The largest absolute Gasteiger partial charge is 0.508 e. The van der Waals surface area contributed by atoms with Gasteiger partial charge in [0.1, 0.15) is 5.75 Å². The summed E-state index contributed by atoms with van der Waals surface area (Å²) in [4.78, 5) is 8.40. The van der Waals surface area contributed by atoms with Crippen molar-refractivity contribution in [3.63, 3.8) is 0 Å². The molecule has 1 heterocycles. The van der Waals surface area contributed by atoms with Gasteiger partial charge in [-0.15, -0.1) is 0 Å². The second-order valence-electron chi connectivity index (χ2n) is 2.78. The molecule has 15 heavy (non-hydrogen) atoms. The molecule has 0 fully saturated rings. The molecule has 0 saturated heterocycles. The Morgan fingerprint density at radius 3 is 2.60 bits per heavy atom. The molecule has 0 unspecified atom stereocenters. The van der Waals surface area contributed by atoms with Gasteiger partial charge in [-0.05, 0) is 30.0 Å². The molecule has 0 radical (unpaired) electrons. The summed E-state index contributed by atoms with van der Waals surface area (Å²) in [5.41, 5.74) is 0. The average molecular weight is 222 g/mol. The SMILES string of the molecule is Oc1cccc(Sc2ncc(F)cn2)c1. The van der Waals surface area contributed by atoms with Crippen LogP contribution in [0.3, 0.4) is 0 Å². The van der Waals surface area contributed by atoms with Crippen LogP contribution in [-0.2, 0) is 0 Å². The van der Waals surface area contributed by atoms with E-state index in [-0.39, 0.29) is 5.75 Å². The van der Waals surface area contributed by atoms with E-state index in [0.29, 0.717) is 5.16 Å². The van der Waals surface area contributed by atoms with Crippen molar-refractivity contribution in [2.45, 2.75) is 10.1 Å². The van der Waals surface area contributed by atoms with E-state index in [2.05, 4.69) is 9.97 Å². The summed E-state index contributed by atoms with van der Waals surface area (Å²) in [5, 5.41) is 9.67. The summed E-state index contributed by atoms with van der Waals surface area (Å²) >= 11 is 1.26. The number of rotatable bonds is 2. The highest BCUT2D eigenvalue weighted by Gasteiger charge is 2.01. The first-order chi connectivity index (χ1) is 7.24. The lowest BCUT2D eigenvalue weighted by Crippen LogP contribution is -1.86. The van der Waals surface area contributed by atoms with E-state index in [0.717, 1.165) is 17.3 Å². The Morgan fingerprint density at radius 2 is 1.93 bits per heavy atom. The molecule has 76 valence electrons. The van der Waals surface area contributed by atoms with Crippen LogP contribution in [0.5, 0.6) is 5.75 Å². The number of hydrogen-bond donors (Lipinski definition) is 1. The van der Waals surface area contributed by atoms with Crippen molar-refractivity contribution in [2.75, 3.05) is 0 Å². The fourth-order valence-electron chi connectivity index (χ4n) is 1.01. The summed E-state index contributed by atoms with van der Waals surface area (Å²) in [6.45, 7) is 0. The van der Waals surface area contributed by atoms with Crippen molar-refractivity contribution < 1.29 is 9.50 Å². The number of hydrogen-bond acceptors (Lipinski definition) is 4. The Bertz CT molecular complexity index is 461. The number of halogens is 1. The van der Waals surface area contributed by atoms with Gasteiger partial charge in [-0.3, -0.25) is 0 Å². The first-order valence-corrected chi connectivity index (χ1v) is 5.00. The monoisotopic (exact) mass is 222 g/mol. The van der Waals surface area contributed by atoms with Gasteiger partial charge in [-0.2, -0.15) is 0 Å². The molecular formula is C10H7FN2OS. The molecule has 0 saturated carbocycles. The van der Waals surface area contributed by atoms with E-state index in [1.807, 2.05) is 6.07 Å². The molecule has 2 aromatic rings. The standard InChI is InChI=1S/C10H7FN2OS/c11-7-5-12-10(13-6-7)15-9-3-1-2-8(14)4-9/h1-6,14H. The molecule has 0 aliphatic rings. The molecule has 1 N–H and O–H groups in total. The van der Waals surface area contributed by atoms with Crippen molar-refractivity contribution in [1.82, 2.24) is 9.97 Å². The highest BCUT2D eigenvalue weighted by molar-refractivity contribution is 7.99. The van der Waals surface area contributed by atoms with E-state index >= 15 is 0 Å². The van der Waals surface area contributed by atoms with Gasteiger partial charge in [0.25, 0.3) is 0 Å². The van der Waals surface area contributed by atoms with Crippen LogP contribution >= 0.6 is 11.8 Å². The van der Waals surface area contributed by atoms with Crippen molar-refractivity contribution in [3.8, 4) is 5.75 Å². The zero-order chi connectivity index (χ0) is 10.7. The summed E-state index contributed by atoms with van der Waals surface area (Å²) in [5.74, 6) is -0.280. The third-order valence-corrected chi connectivity index (χ3v) is 2.51. The maximum atomic E-state index is 12.5. The van der Waals surface area contributed by atoms with Gasteiger partial charge in [0.2, 0.25) is 0 Å². The summed E-state index contributed by atoms with van der Waals surface area (Å²) in [7, 11) is 0. The van der Waals surface area contributed by atoms with Crippen LogP contribution in [0.4, 0.5) is 4.39 Å². The highest BCUT2D eigenvalue weighted by Crippen LogP contribution is 2.26. The van der Waals surface area contributed by atoms with Gasteiger partial charge in [0, 0.05) is 4.90 Å². The smallest absolute Gasteiger partial charge is 0.192 e. The van der Waals surface area contributed by atoms with E-state index < -0.39 is 5.82 Å². The molecule has 3 nitrogen and oxygen atoms in total. The van der Waals surface area contributed by atoms with Crippen LogP contribution in [0.2, 0.25) is 0 Å². The van der Waals surface area contributed by atoms with Gasteiger partial charge in [0.05, 0.1) is 12.4 Å². The molecule has 0 aliphatic heterocycles. The summed E-state index contributed by atoms with van der Waals surface area (Å²) in [6, 6.07) is 6.71. The quantitative estimate of drug-likeness (QED) is 0.793. The summed E-state index contributed by atoms with van der Waals surface area (Å²) < 4.78 is 12.5. The Kier molecular flexibility index (Phi) is 2.82. The van der Waals surface area contributed by atoms with Gasteiger partial charge in [0.15, 0.2) is 11.0 Å². The van der Waals surface area contributed by atoms with Crippen LogP contribution < -0.4 is 0 Å². The van der Waals surface area contributed by atoms with Gasteiger partial charge in [-0.25, -0.2) is 14.4 Å². The molecule has 2 rings (SSSR count). The Balaban J connectivity index is 2.18. The number of aromatic nitrogens is 2. The Hall–Kier alpha value is -1.62. The molecule has 0 spiro atoms. The minimum absolute atomic E-state index is 0.183. The molecule has 0 aliphatic carbocycles. The lowest BCUT2D eigenvalue weighted by Gasteiger charge is -1.99. The van der Waals surface area contributed by atoms with Gasteiger partial charge < -0.3 is 5.11 Å². The van der Waals surface area contributed by atoms with E-state index in [9.17, 15) is 9.50 Å². The zero-order valence-electron chi connectivity index (χ0n) is 7.59. The predicted octanol–water partition coefficient (Wildman–Crippen LogP) is 2.47. The van der Waals surface area contributed by atoms with Crippen LogP contribution in [0.15, 0.2) is 46.7 Å². The van der Waals surface area contributed by atoms with Gasteiger partial charge in [-0.1, -0.05) is 6.07 Å². The number of benzene rings is 1. The fourth-order valence-corrected chi connectivity index (χ4v) is 1.75. The second-order valence-corrected chi connectivity index (χ2v) is 3.82. The number of phenols is 1. The molecule has 1 aromatic carbocycles. The molecule has 1 aromatic heterocycles. The van der Waals surface area contributed by atoms with Crippen molar-refractivity contribution in [2.24, 2.45) is 0 Å². The van der Waals surface area contributed by atoms with Crippen LogP contribution in [0.25, 0.3) is 0 Å². The lowest BCUT2D eigenvalue weighted by molar-refractivity contribution is 0.474. The molecule has 0 atom stereocenters. The van der Waals surface area contributed by atoms with Gasteiger partial charge >= 0.3 is 0 Å². The Morgan fingerprint density at radius 1 is 1.20 bits per heavy atom. The highest BCUT2D eigenvalue weighted by atomic mass is 32.2. The molecule has 0 amide bonds. The van der Waals surface area contributed by atoms with Crippen LogP contribution in [-0.4, -0.2) is 15.1 Å². The normalized spacial score (nSPS) is 10.2. The number of nitrogens with zero attached hydrogens (tertiary/aromatic N) is 2. The summed E-state index contributed by atoms with van der Waals surface area (Å²) in [6.07, 6.45) is 2.22. The molecular weight excluding hydrogens is 215 g/mol. The Labute approximate surface area is 90.0 Å². The first-order valence-electron chi connectivity index (χ1n) is 4.18. The minimum Gasteiger partial charge on any atom is -0.508 e. The zero-order valence-corrected chi connectivity index (χ0v) is 8.41. The maximum Gasteiger partial charge on any atom is 0.192 e. The third-order valence-electron chi connectivity index (χ3n) is 1.62. The van der Waals surface area contributed by atoms with E-state index in [1.54, 1.807) is 18.2 Å². The third kappa shape index (κ3) is 2.66. The lowest BCUT2D eigenvalue weighted by atomic mass is 10.3. The van der Waals surface area contributed by atoms with Crippen LogP contribution in [0.1, 0.15) is 0 Å². The van der Waals surface area contributed by atoms with Crippen LogP contribution in [0, 0.1) is 5.82 Å². The number of phenolic OH excluding ortho intramolecular Hbond substituents is 1. The fraction of sp³-hybridized carbons (Fsp3) is 0. The molecule has 0 bridgehead atoms.